The van der Waals surface area contributed by atoms with Crippen LogP contribution in [0.4, 0.5) is 10.1 Å². The fourth-order valence-electron chi connectivity index (χ4n) is 2.49. The fourth-order valence-corrected chi connectivity index (χ4v) is 3.46. The summed E-state index contributed by atoms with van der Waals surface area (Å²) in [7, 11) is 0. The number of anilines is 1. The molecule has 6 heteroatoms. The third-order valence-corrected chi connectivity index (χ3v) is 4.91. The van der Waals surface area contributed by atoms with Gasteiger partial charge in [-0.15, -0.1) is 0 Å². The lowest BCUT2D eigenvalue weighted by Crippen LogP contribution is -2.27. The second-order valence-corrected chi connectivity index (χ2v) is 7.00. The molecular weight excluding hydrogens is 323 g/mol. The molecule has 1 saturated heterocycles. The highest BCUT2D eigenvalue weighted by molar-refractivity contribution is 7.99. The van der Waals surface area contributed by atoms with E-state index in [1.165, 1.54) is 57.0 Å². The zero-order valence-electron chi connectivity index (χ0n) is 12.6. The second kappa shape index (κ2) is 9.38. The summed E-state index contributed by atoms with van der Waals surface area (Å²) >= 11 is 7.31. The summed E-state index contributed by atoms with van der Waals surface area (Å²) < 4.78 is 13.0. The van der Waals surface area contributed by atoms with Gasteiger partial charge in [0.2, 0.25) is 5.91 Å². The maximum atomic E-state index is 13.0. The van der Waals surface area contributed by atoms with Gasteiger partial charge in [-0.25, -0.2) is 4.39 Å². The van der Waals surface area contributed by atoms with Gasteiger partial charge in [0.25, 0.3) is 0 Å². The average Bonchev–Trinajstić information content (AvgIpc) is 2.76. The number of carbonyl (C=O) groups excluding carboxylic acids is 1. The Labute approximate surface area is 140 Å². The highest BCUT2D eigenvalue weighted by Crippen LogP contribution is 2.19. The van der Waals surface area contributed by atoms with E-state index in [0.29, 0.717) is 11.4 Å². The predicted molar refractivity (Wildman–Crippen MR) is 92.3 cm³/mol. The van der Waals surface area contributed by atoms with Crippen molar-refractivity contribution in [2.75, 3.05) is 36.5 Å². The molecule has 0 aliphatic carbocycles. The van der Waals surface area contributed by atoms with Crippen molar-refractivity contribution in [3.05, 3.63) is 29.0 Å². The number of halogens is 2. The minimum Gasteiger partial charge on any atom is -0.325 e. The van der Waals surface area contributed by atoms with E-state index in [2.05, 4.69) is 10.2 Å². The molecule has 1 N–H and O–H groups in total. The average molecular weight is 345 g/mol. The Hall–Kier alpha value is -0.780. The highest BCUT2D eigenvalue weighted by Gasteiger charge is 2.09. The Morgan fingerprint density at radius 3 is 2.68 bits per heavy atom. The van der Waals surface area contributed by atoms with Crippen LogP contribution >= 0.6 is 23.4 Å². The number of rotatable bonds is 6. The lowest BCUT2D eigenvalue weighted by atomic mass is 10.2. The highest BCUT2D eigenvalue weighted by atomic mass is 35.5. The summed E-state index contributed by atoms with van der Waals surface area (Å²) in [6, 6.07) is 4.20. The first-order valence-corrected chi connectivity index (χ1v) is 9.23. The van der Waals surface area contributed by atoms with Gasteiger partial charge >= 0.3 is 0 Å². The van der Waals surface area contributed by atoms with Crippen molar-refractivity contribution in [3.63, 3.8) is 0 Å². The second-order valence-electron chi connectivity index (χ2n) is 5.49. The van der Waals surface area contributed by atoms with Gasteiger partial charge in [0.05, 0.1) is 10.8 Å². The monoisotopic (exact) mass is 344 g/mol. The van der Waals surface area contributed by atoms with E-state index in [4.69, 9.17) is 11.6 Å². The molecule has 1 amide bonds. The van der Waals surface area contributed by atoms with E-state index in [9.17, 15) is 9.18 Å². The molecule has 1 heterocycles. The molecule has 1 aliphatic rings. The number of thioether (sulfide) groups is 1. The number of hydrogen-bond donors (Lipinski definition) is 1. The molecule has 2 rings (SSSR count). The minimum atomic E-state index is -0.480. The summed E-state index contributed by atoms with van der Waals surface area (Å²) in [6.45, 7) is 3.40. The molecule has 1 aliphatic heterocycles. The Kier molecular flexibility index (Phi) is 7.49. The third-order valence-electron chi connectivity index (χ3n) is 3.69. The molecular formula is C16H22ClFN2OS. The van der Waals surface area contributed by atoms with Crippen molar-refractivity contribution in [1.82, 2.24) is 4.90 Å². The zero-order chi connectivity index (χ0) is 15.8. The summed E-state index contributed by atoms with van der Waals surface area (Å²) in [6.07, 6.45) is 5.26. The Bertz CT molecular complexity index is 493. The molecule has 1 aromatic rings. The molecule has 0 aromatic heterocycles. The molecule has 0 saturated carbocycles. The number of nitrogens with one attached hydrogen (secondary N) is 1. The molecule has 1 fully saturated rings. The minimum absolute atomic E-state index is 0.0200. The van der Waals surface area contributed by atoms with Gasteiger partial charge in [-0.1, -0.05) is 24.4 Å². The van der Waals surface area contributed by atoms with Crippen molar-refractivity contribution < 1.29 is 9.18 Å². The SMILES string of the molecule is O=C(CSCCN1CCCCCC1)Nc1ccc(F)c(Cl)c1. The van der Waals surface area contributed by atoms with E-state index in [1.54, 1.807) is 11.8 Å². The molecule has 0 radical (unpaired) electrons. The number of hydrogen-bond acceptors (Lipinski definition) is 3. The topological polar surface area (TPSA) is 32.3 Å². The standard InChI is InChI=1S/C16H22ClFN2OS/c17-14-11-13(5-6-15(14)18)19-16(21)12-22-10-9-20-7-3-1-2-4-8-20/h5-6,11H,1-4,7-10,12H2,(H,19,21). The normalized spacial score (nSPS) is 16.3. The van der Waals surface area contributed by atoms with E-state index >= 15 is 0 Å². The van der Waals surface area contributed by atoms with Crippen LogP contribution < -0.4 is 5.32 Å². The van der Waals surface area contributed by atoms with E-state index in [1.807, 2.05) is 0 Å². The summed E-state index contributed by atoms with van der Waals surface area (Å²) in [5, 5.41) is 2.75. The van der Waals surface area contributed by atoms with Crippen LogP contribution in [0, 0.1) is 5.82 Å². The van der Waals surface area contributed by atoms with Gasteiger partial charge in [-0.3, -0.25) is 4.79 Å². The lowest BCUT2D eigenvalue weighted by molar-refractivity contribution is -0.113. The molecule has 0 unspecified atom stereocenters. The van der Waals surface area contributed by atoms with Crippen molar-refractivity contribution in [1.29, 1.82) is 0 Å². The van der Waals surface area contributed by atoms with Crippen LogP contribution in [0.25, 0.3) is 0 Å². The van der Waals surface area contributed by atoms with Crippen molar-refractivity contribution >= 4 is 35.0 Å². The van der Waals surface area contributed by atoms with Gasteiger partial charge in [0, 0.05) is 18.0 Å². The first-order chi connectivity index (χ1) is 10.6. The van der Waals surface area contributed by atoms with Crippen LogP contribution in [0.15, 0.2) is 18.2 Å². The quantitative estimate of drug-likeness (QED) is 0.791. The Balaban J connectivity index is 1.63. The van der Waals surface area contributed by atoms with E-state index in [0.717, 1.165) is 12.3 Å². The van der Waals surface area contributed by atoms with Gasteiger partial charge in [0.1, 0.15) is 5.82 Å². The van der Waals surface area contributed by atoms with Crippen LogP contribution in [0.2, 0.25) is 5.02 Å². The van der Waals surface area contributed by atoms with Crippen molar-refractivity contribution in [2.45, 2.75) is 25.7 Å². The first-order valence-electron chi connectivity index (χ1n) is 7.70. The van der Waals surface area contributed by atoms with Gasteiger partial charge in [-0.05, 0) is 44.1 Å². The molecule has 0 bridgehead atoms. The summed E-state index contributed by atoms with van der Waals surface area (Å²) in [5.41, 5.74) is 0.532. The van der Waals surface area contributed by atoms with E-state index in [-0.39, 0.29) is 10.9 Å². The Morgan fingerprint density at radius 2 is 2.00 bits per heavy atom. The summed E-state index contributed by atoms with van der Waals surface area (Å²) in [5.74, 6) is 0.801. The molecule has 22 heavy (non-hydrogen) atoms. The first kappa shape index (κ1) is 17.6. The van der Waals surface area contributed by atoms with Crippen LogP contribution in [0.3, 0.4) is 0 Å². The molecule has 1 aromatic carbocycles. The van der Waals surface area contributed by atoms with Crippen LogP contribution in [-0.4, -0.2) is 41.9 Å². The van der Waals surface area contributed by atoms with E-state index < -0.39 is 5.82 Å². The maximum Gasteiger partial charge on any atom is 0.234 e. The smallest absolute Gasteiger partial charge is 0.234 e. The molecule has 0 atom stereocenters. The predicted octanol–water partition coefficient (Wildman–Crippen LogP) is 4.03. The fraction of sp³-hybridized carbons (Fsp3) is 0.562. The van der Waals surface area contributed by atoms with Gasteiger partial charge in [-0.2, -0.15) is 11.8 Å². The van der Waals surface area contributed by atoms with Gasteiger partial charge < -0.3 is 10.2 Å². The number of likely N-dealkylation sites (tertiary alicyclic amines) is 1. The number of carbonyl (C=O) groups is 1. The maximum absolute atomic E-state index is 13.0. The third kappa shape index (κ3) is 6.15. The number of amides is 1. The number of benzene rings is 1. The van der Waals surface area contributed by atoms with Crippen LogP contribution in [-0.2, 0) is 4.79 Å². The largest absolute Gasteiger partial charge is 0.325 e. The Morgan fingerprint density at radius 1 is 1.27 bits per heavy atom. The van der Waals surface area contributed by atoms with Gasteiger partial charge in [0.15, 0.2) is 0 Å². The lowest BCUT2D eigenvalue weighted by Gasteiger charge is -2.19. The summed E-state index contributed by atoms with van der Waals surface area (Å²) in [4.78, 5) is 14.3. The van der Waals surface area contributed by atoms with Crippen molar-refractivity contribution in [3.8, 4) is 0 Å². The molecule has 0 spiro atoms. The molecule has 122 valence electrons. The molecule has 3 nitrogen and oxygen atoms in total. The van der Waals surface area contributed by atoms with Crippen LogP contribution in [0.5, 0.6) is 0 Å². The van der Waals surface area contributed by atoms with Crippen LogP contribution in [0.1, 0.15) is 25.7 Å². The van der Waals surface area contributed by atoms with Crippen molar-refractivity contribution in [2.24, 2.45) is 0 Å². The number of nitrogens with zero attached hydrogens (tertiary/aromatic N) is 1. The zero-order valence-corrected chi connectivity index (χ0v) is 14.2.